The van der Waals surface area contributed by atoms with Crippen LogP contribution < -0.4 is 5.32 Å². The Morgan fingerprint density at radius 1 is 1.43 bits per heavy atom. The fraction of sp³-hybridized carbons (Fsp3) is 0.0909. The predicted molar refractivity (Wildman–Crippen MR) is 56.0 cm³/mol. The first kappa shape index (κ1) is 8.52. The molecule has 0 aliphatic rings. The van der Waals surface area contributed by atoms with Crippen LogP contribution in [0, 0.1) is 11.3 Å². The van der Waals surface area contributed by atoms with E-state index in [1.165, 1.54) is 0 Å². The topological polar surface area (TPSA) is 48.7 Å². The minimum atomic E-state index is 0.584. The smallest absolute Gasteiger partial charge is 0.101 e. The van der Waals surface area contributed by atoms with Crippen LogP contribution in [0.25, 0.3) is 10.9 Å². The molecule has 1 aromatic carbocycles. The minimum Gasteiger partial charge on any atom is -0.388 e. The maximum atomic E-state index is 8.75. The lowest BCUT2D eigenvalue weighted by molar-refractivity contribution is 1.37. The standard InChI is InChI=1S/C11H9N3/c1-13-10-3-2-4-11-9(10)5-8(6-12)7-14-11/h2-5,7,13H,1H3. The summed E-state index contributed by atoms with van der Waals surface area (Å²) in [5.41, 5.74) is 2.48. The molecule has 0 aliphatic heterocycles. The molecule has 0 atom stereocenters. The van der Waals surface area contributed by atoms with Gasteiger partial charge in [0.15, 0.2) is 0 Å². The Hall–Kier alpha value is -2.08. The average molecular weight is 183 g/mol. The van der Waals surface area contributed by atoms with Crippen molar-refractivity contribution in [2.75, 3.05) is 12.4 Å². The normalized spacial score (nSPS) is 9.71. The first-order chi connectivity index (χ1) is 6.85. The largest absolute Gasteiger partial charge is 0.388 e. The molecule has 1 aromatic heterocycles. The summed E-state index contributed by atoms with van der Waals surface area (Å²) in [4.78, 5) is 4.20. The number of pyridine rings is 1. The van der Waals surface area contributed by atoms with E-state index >= 15 is 0 Å². The number of aromatic nitrogens is 1. The molecule has 0 bridgehead atoms. The Morgan fingerprint density at radius 2 is 2.29 bits per heavy atom. The van der Waals surface area contributed by atoms with Crippen molar-refractivity contribution < 1.29 is 0 Å². The molecule has 0 saturated carbocycles. The van der Waals surface area contributed by atoms with Gasteiger partial charge in [-0.15, -0.1) is 0 Å². The monoisotopic (exact) mass is 183 g/mol. The van der Waals surface area contributed by atoms with Crippen LogP contribution in [0.15, 0.2) is 30.5 Å². The number of nitriles is 1. The molecule has 0 fully saturated rings. The van der Waals surface area contributed by atoms with Gasteiger partial charge in [0, 0.05) is 24.3 Å². The third-order valence-corrected chi connectivity index (χ3v) is 2.12. The van der Waals surface area contributed by atoms with E-state index in [4.69, 9.17) is 5.26 Å². The van der Waals surface area contributed by atoms with Gasteiger partial charge < -0.3 is 5.32 Å². The molecule has 2 aromatic rings. The molecule has 1 N–H and O–H groups in total. The summed E-state index contributed by atoms with van der Waals surface area (Å²) in [5, 5.41) is 12.8. The van der Waals surface area contributed by atoms with E-state index in [0.717, 1.165) is 16.6 Å². The first-order valence-corrected chi connectivity index (χ1v) is 4.32. The van der Waals surface area contributed by atoms with Gasteiger partial charge in [0.1, 0.15) is 6.07 Å². The van der Waals surface area contributed by atoms with Gasteiger partial charge >= 0.3 is 0 Å². The maximum Gasteiger partial charge on any atom is 0.101 e. The predicted octanol–water partition coefficient (Wildman–Crippen LogP) is 2.15. The molecule has 2 rings (SSSR count). The van der Waals surface area contributed by atoms with Crippen LogP contribution in [-0.4, -0.2) is 12.0 Å². The van der Waals surface area contributed by atoms with E-state index in [-0.39, 0.29) is 0 Å². The summed E-state index contributed by atoms with van der Waals surface area (Å²) in [7, 11) is 1.85. The molecular formula is C11H9N3. The molecule has 0 aliphatic carbocycles. The van der Waals surface area contributed by atoms with Gasteiger partial charge in [0.25, 0.3) is 0 Å². The lowest BCUT2D eigenvalue weighted by Crippen LogP contribution is -1.90. The minimum absolute atomic E-state index is 0.584. The number of fused-ring (bicyclic) bond motifs is 1. The zero-order valence-corrected chi connectivity index (χ0v) is 7.78. The van der Waals surface area contributed by atoms with Gasteiger partial charge in [-0.2, -0.15) is 5.26 Å². The molecule has 3 heteroatoms. The maximum absolute atomic E-state index is 8.75. The van der Waals surface area contributed by atoms with Crippen LogP contribution in [0.3, 0.4) is 0 Å². The van der Waals surface area contributed by atoms with Crippen molar-refractivity contribution in [3.63, 3.8) is 0 Å². The van der Waals surface area contributed by atoms with Crippen molar-refractivity contribution in [3.8, 4) is 6.07 Å². The fourth-order valence-electron chi connectivity index (χ4n) is 1.43. The van der Waals surface area contributed by atoms with Gasteiger partial charge in [-0.05, 0) is 18.2 Å². The number of nitrogens with zero attached hydrogens (tertiary/aromatic N) is 2. The second kappa shape index (κ2) is 3.35. The van der Waals surface area contributed by atoms with E-state index in [0.29, 0.717) is 5.56 Å². The molecule has 0 radical (unpaired) electrons. The Morgan fingerprint density at radius 3 is 3.00 bits per heavy atom. The highest BCUT2D eigenvalue weighted by atomic mass is 14.8. The van der Waals surface area contributed by atoms with Gasteiger partial charge in [-0.3, -0.25) is 4.98 Å². The molecule has 0 amide bonds. The molecule has 0 saturated heterocycles. The summed E-state index contributed by atoms with van der Waals surface area (Å²) in [6.45, 7) is 0. The van der Waals surface area contributed by atoms with Gasteiger partial charge in [-0.25, -0.2) is 0 Å². The lowest BCUT2D eigenvalue weighted by atomic mass is 10.1. The van der Waals surface area contributed by atoms with Crippen LogP contribution in [0.4, 0.5) is 5.69 Å². The van der Waals surface area contributed by atoms with Crippen LogP contribution >= 0.6 is 0 Å². The van der Waals surface area contributed by atoms with E-state index in [9.17, 15) is 0 Å². The van der Waals surface area contributed by atoms with Gasteiger partial charge in [0.05, 0.1) is 11.1 Å². The Balaban J connectivity index is 2.78. The summed E-state index contributed by atoms with van der Waals surface area (Å²) in [5.74, 6) is 0. The summed E-state index contributed by atoms with van der Waals surface area (Å²) < 4.78 is 0. The highest BCUT2D eigenvalue weighted by Crippen LogP contribution is 2.21. The van der Waals surface area contributed by atoms with Crippen LogP contribution in [0.5, 0.6) is 0 Å². The second-order valence-corrected chi connectivity index (χ2v) is 2.96. The summed E-state index contributed by atoms with van der Waals surface area (Å²) >= 11 is 0. The van der Waals surface area contributed by atoms with Crippen LogP contribution in [-0.2, 0) is 0 Å². The summed E-state index contributed by atoms with van der Waals surface area (Å²) in [6.07, 6.45) is 1.59. The van der Waals surface area contributed by atoms with Crippen molar-refractivity contribution in [1.82, 2.24) is 4.98 Å². The van der Waals surface area contributed by atoms with E-state index < -0.39 is 0 Å². The number of hydrogen-bond acceptors (Lipinski definition) is 3. The van der Waals surface area contributed by atoms with Crippen molar-refractivity contribution in [3.05, 3.63) is 36.0 Å². The fourth-order valence-corrected chi connectivity index (χ4v) is 1.43. The molecule has 3 nitrogen and oxygen atoms in total. The van der Waals surface area contributed by atoms with Gasteiger partial charge in [0.2, 0.25) is 0 Å². The third kappa shape index (κ3) is 1.27. The Kier molecular flexibility index (Phi) is 2.04. The second-order valence-electron chi connectivity index (χ2n) is 2.96. The molecule has 1 heterocycles. The van der Waals surface area contributed by atoms with Crippen molar-refractivity contribution in [2.45, 2.75) is 0 Å². The molecule has 14 heavy (non-hydrogen) atoms. The zero-order chi connectivity index (χ0) is 9.97. The third-order valence-electron chi connectivity index (χ3n) is 2.12. The van der Waals surface area contributed by atoms with E-state index in [1.54, 1.807) is 6.20 Å². The molecule has 0 unspecified atom stereocenters. The Bertz CT molecular complexity index is 511. The zero-order valence-electron chi connectivity index (χ0n) is 7.78. The van der Waals surface area contributed by atoms with Crippen molar-refractivity contribution in [1.29, 1.82) is 5.26 Å². The lowest BCUT2D eigenvalue weighted by Gasteiger charge is -2.04. The van der Waals surface area contributed by atoms with Crippen LogP contribution in [0.1, 0.15) is 5.56 Å². The number of rotatable bonds is 1. The molecule has 0 spiro atoms. The quantitative estimate of drug-likeness (QED) is 0.736. The molecular weight excluding hydrogens is 174 g/mol. The number of benzene rings is 1. The van der Waals surface area contributed by atoms with Gasteiger partial charge in [-0.1, -0.05) is 6.07 Å². The molecule has 68 valence electrons. The van der Waals surface area contributed by atoms with Crippen molar-refractivity contribution >= 4 is 16.6 Å². The van der Waals surface area contributed by atoms with Crippen LogP contribution in [0.2, 0.25) is 0 Å². The number of anilines is 1. The highest BCUT2D eigenvalue weighted by Gasteiger charge is 2.00. The first-order valence-electron chi connectivity index (χ1n) is 4.32. The number of nitrogens with one attached hydrogen (secondary N) is 1. The van der Waals surface area contributed by atoms with E-state index in [1.807, 2.05) is 31.3 Å². The van der Waals surface area contributed by atoms with E-state index in [2.05, 4.69) is 16.4 Å². The highest BCUT2D eigenvalue weighted by molar-refractivity contribution is 5.91. The summed E-state index contributed by atoms with van der Waals surface area (Å²) in [6, 6.07) is 9.75. The SMILES string of the molecule is CNc1cccc2ncc(C#N)cc12. The number of hydrogen-bond donors (Lipinski definition) is 1. The average Bonchev–Trinajstić information content (AvgIpc) is 2.27. The van der Waals surface area contributed by atoms with Crippen molar-refractivity contribution in [2.24, 2.45) is 0 Å². The Labute approximate surface area is 82.0 Å².